The number of halogens is 1. The van der Waals surface area contributed by atoms with E-state index in [1.807, 2.05) is 11.8 Å². The highest BCUT2D eigenvalue weighted by molar-refractivity contribution is 14.1. The maximum absolute atomic E-state index is 6.09. The zero-order chi connectivity index (χ0) is 14.2. The quantitative estimate of drug-likeness (QED) is 0.745. The molecule has 2 heterocycles. The fourth-order valence-corrected chi connectivity index (χ4v) is 4.35. The molecule has 1 saturated heterocycles. The molecule has 0 spiro atoms. The summed E-state index contributed by atoms with van der Waals surface area (Å²) in [5.41, 5.74) is 7.13. The van der Waals surface area contributed by atoms with Gasteiger partial charge in [-0.25, -0.2) is 9.97 Å². The normalized spacial score (nSPS) is 21.6. The minimum Gasteiger partial charge on any atom is -0.383 e. The molecule has 0 radical (unpaired) electrons. The van der Waals surface area contributed by atoms with Gasteiger partial charge in [-0.1, -0.05) is 20.8 Å². The highest BCUT2D eigenvalue weighted by Crippen LogP contribution is 2.32. The Hall–Kier alpha value is -0.0800. The molecule has 4 nitrogen and oxygen atoms in total. The second-order valence-electron chi connectivity index (χ2n) is 5.95. The summed E-state index contributed by atoms with van der Waals surface area (Å²) in [7, 11) is 2.14. The van der Waals surface area contributed by atoms with Crippen LogP contribution in [-0.4, -0.2) is 40.0 Å². The van der Waals surface area contributed by atoms with E-state index in [-0.39, 0.29) is 11.5 Å². The number of nitrogen functional groups attached to an aromatic ring is 1. The van der Waals surface area contributed by atoms with E-state index >= 15 is 0 Å². The number of hydrogen-bond acceptors (Lipinski definition) is 5. The summed E-state index contributed by atoms with van der Waals surface area (Å²) in [5.74, 6) is 3.70. The Balaban J connectivity index is 2.44. The van der Waals surface area contributed by atoms with Crippen LogP contribution >= 0.6 is 34.4 Å². The van der Waals surface area contributed by atoms with Crippen molar-refractivity contribution < 1.29 is 0 Å². The highest BCUT2D eigenvalue weighted by atomic mass is 127. The monoisotopic (exact) mass is 392 g/mol. The van der Waals surface area contributed by atoms with Crippen LogP contribution in [0.2, 0.25) is 0 Å². The standard InChI is InChI=1S/C13H21IN4S/c1-13(2,3)10-9(14)11(15)17-12(16-10)8-7-19-6-5-18(8)4/h8H,5-7H2,1-4H3,(H2,15,16,17). The highest BCUT2D eigenvalue weighted by Gasteiger charge is 2.28. The fraction of sp³-hybridized carbons (Fsp3) is 0.692. The van der Waals surface area contributed by atoms with Gasteiger partial charge in [-0.2, -0.15) is 11.8 Å². The van der Waals surface area contributed by atoms with Crippen LogP contribution in [-0.2, 0) is 5.41 Å². The van der Waals surface area contributed by atoms with Crippen molar-refractivity contribution in [3.8, 4) is 0 Å². The van der Waals surface area contributed by atoms with Gasteiger partial charge < -0.3 is 5.73 Å². The van der Waals surface area contributed by atoms with Crippen molar-refractivity contribution >= 4 is 40.2 Å². The molecule has 19 heavy (non-hydrogen) atoms. The number of thioether (sulfide) groups is 1. The van der Waals surface area contributed by atoms with E-state index < -0.39 is 0 Å². The first-order valence-corrected chi connectivity index (χ1v) is 8.65. The largest absolute Gasteiger partial charge is 0.383 e. The molecule has 1 unspecified atom stereocenters. The SMILES string of the molecule is CN1CCSCC1c1nc(N)c(I)c(C(C)(C)C)n1. The maximum atomic E-state index is 6.09. The van der Waals surface area contributed by atoms with Crippen molar-refractivity contribution in [1.82, 2.24) is 14.9 Å². The van der Waals surface area contributed by atoms with Gasteiger partial charge in [0.15, 0.2) is 0 Å². The lowest BCUT2D eigenvalue weighted by molar-refractivity contribution is 0.263. The third-order valence-corrected chi connectivity index (χ3v) is 5.38. The van der Waals surface area contributed by atoms with Crippen LogP contribution in [0.4, 0.5) is 5.82 Å². The third kappa shape index (κ3) is 3.33. The molecule has 1 atom stereocenters. The molecule has 0 amide bonds. The molecule has 0 saturated carbocycles. The smallest absolute Gasteiger partial charge is 0.149 e. The van der Waals surface area contributed by atoms with E-state index in [1.54, 1.807) is 0 Å². The molecule has 1 aromatic heterocycles. The van der Waals surface area contributed by atoms with Gasteiger partial charge in [-0.3, -0.25) is 4.90 Å². The summed E-state index contributed by atoms with van der Waals surface area (Å²) in [6.07, 6.45) is 0. The Kier molecular flexibility index (Phi) is 4.62. The summed E-state index contributed by atoms with van der Waals surface area (Å²) in [4.78, 5) is 11.7. The molecule has 106 valence electrons. The van der Waals surface area contributed by atoms with E-state index in [0.29, 0.717) is 5.82 Å². The summed E-state index contributed by atoms with van der Waals surface area (Å²) in [5, 5.41) is 0. The number of nitrogens with two attached hydrogens (primary N) is 1. The predicted molar refractivity (Wildman–Crippen MR) is 90.6 cm³/mol. The number of nitrogens with zero attached hydrogens (tertiary/aromatic N) is 3. The Morgan fingerprint density at radius 2 is 2.05 bits per heavy atom. The number of aromatic nitrogens is 2. The van der Waals surface area contributed by atoms with E-state index in [1.165, 1.54) is 5.75 Å². The van der Waals surface area contributed by atoms with Crippen molar-refractivity contribution in [1.29, 1.82) is 0 Å². The third-order valence-electron chi connectivity index (χ3n) is 3.30. The molecule has 0 bridgehead atoms. The minimum absolute atomic E-state index is 0.0112. The summed E-state index contributed by atoms with van der Waals surface area (Å²) in [6.45, 7) is 7.58. The van der Waals surface area contributed by atoms with Crippen LogP contribution < -0.4 is 5.73 Å². The van der Waals surface area contributed by atoms with Gasteiger partial charge >= 0.3 is 0 Å². The molecule has 0 aliphatic carbocycles. The molecule has 1 aliphatic heterocycles. The van der Waals surface area contributed by atoms with Gasteiger partial charge in [0.1, 0.15) is 11.6 Å². The van der Waals surface area contributed by atoms with Gasteiger partial charge in [0.05, 0.1) is 15.3 Å². The predicted octanol–water partition coefficient (Wildman–Crippen LogP) is 2.68. The van der Waals surface area contributed by atoms with Crippen molar-refractivity contribution in [3.63, 3.8) is 0 Å². The summed E-state index contributed by atoms with van der Waals surface area (Å²) < 4.78 is 0.986. The van der Waals surface area contributed by atoms with Gasteiger partial charge in [-0.15, -0.1) is 0 Å². The Labute approximate surface area is 133 Å². The average molecular weight is 392 g/mol. The van der Waals surface area contributed by atoms with Crippen molar-refractivity contribution in [2.75, 3.05) is 30.8 Å². The van der Waals surface area contributed by atoms with Gasteiger partial charge in [0, 0.05) is 23.5 Å². The van der Waals surface area contributed by atoms with E-state index in [2.05, 4.69) is 60.3 Å². The van der Waals surface area contributed by atoms with Crippen molar-refractivity contribution in [2.45, 2.75) is 32.2 Å². The Morgan fingerprint density at radius 1 is 1.37 bits per heavy atom. The first-order chi connectivity index (χ1) is 8.80. The number of anilines is 1. The summed E-state index contributed by atoms with van der Waals surface area (Å²) >= 11 is 4.21. The van der Waals surface area contributed by atoms with Crippen LogP contribution in [0.5, 0.6) is 0 Å². The molecular weight excluding hydrogens is 371 g/mol. The molecule has 2 N–H and O–H groups in total. The zero-order valence-corrected chi connectivity index (χ0v) is 14.9. The second kappa shape index (κ2) is 5.73. The molecular formula is C13H21IN4S. The van der Waals surface area contributed by atoms with Crippen LogP contribution in [0, 0.1) is 3.57 Å². The Bertz CT molecular complexity index is 472. The van der Waals surface area contributed by atoms with E-state index in [4.69, 9.17) is 10.7 Å². The van der Waals surface area contributed by atoms with E-state index in [9.17, 15) is 0 Å². The van der Waals surface area contributed by atoms with Crippen LogP contribution in [0.3, 0.4) is 0 Å². The van der Waals surface area contributed by atoms with Crippen LogP contribution in [0.15, 0.2) is 0 Å². The lowest BCUT2D eigenvalue weighted by Gasteiger charge is -2.32. The Morgan fingerprint density at radius 3 is 2.63 bits per heavy atom. The number of rotatable bonds is 1. The molecule has 6 heteroatoms. The molecule has 1 fully saturated rings. The van der Waals surface area contributed by atoms with Gasteiger partial charge in [0.2, 0.25) is 0 Å². The fourth-order valence-electron chi connectivity index (χ4n) is 2.09. The molecule has 2 rings (SSSR count). The molecule has 1 aromatic rings. The van der Waals surface area contributed by atoms with Crippen LogP contribution in [0.25, 0.3) is 0 Å². The van der Waals surface area contributed by atoms with Gasteiger partial charge in [-0.05, 0) is 29.6 Å². The maximum Gasteiger partial charge on any atom is 0.149 e. The molecule has 0 aromatic carbocycles. The zero-order valence-electron chi connectivity index (χ0n) is 11.9. The first-order valence-electron chi connectivity index (χ1n) is 6.42. The first kappa shape index (κ1) is 15.3. The average Bonchev–Trinajstić information content (AvgIpc) is 2.31. The van der Waals surface area contributed by atoms with Crippen LogP contribution in [0.1, 0.15) is 38.3 Å². The van der Waals surface area contributed by atoms with Gasteiger partial charge in [0.25, 0.3) is 0 Å². The lowest BCUT2D eigenvalue weighted by Crippen LogP contribution is -2.34. The number of hydrogen-bond donors (Lipinski definition) is 1. The molecule has 1 aliphatic rings. The minimum atomic E-state index is -0.0112. The topological polar surface area (TPSA) is 55.0 Å². The lowest BCUT2D eigenvalue weighted by atomic mass is 9.92. The van der Waals surface area contributed by atoms with Crippen molar-refractivity contribution in [2.24, 2.45) is 0 Å². The second-order valence-corrected chi connectivity index (χ2v) is 8.18. The summed E-state index contributed by atoms with van der Waals surface area (Å²) in [6, 6.07) is 0.277. The van der Waals surface area contributed by atoms with Crippen molar-refractivity contribution in [3.05, 3.63) is 15.1 Å². The van der Waals surface area contributed by atoms with E-state index in [0.717, 1.165) is 27.4 Å².